The maximum absolute atomic E-state index is 12.0. The number of hydrogen-bond acceptors (Lipinski definition) is 4. The van der Waals surface area contributed by atoms with Crippen LogP contribution in [0.3, 0.4) is 0 Å². The van der Waals surface area contributed by atoms with Crippen molar-refractivity contribution in [3.05, 3.63) is 59.5 Å². The minimum atomic E-state index is -0.891. The highest BCUT2D eigenvalue weighted by Gasteiger charge is 2.23. The molecule has 1 atom stereocenters. The van der Waals surface area contributed by atoms with Gasteiger partial charge in [0.15, 0.2) is 0 Å². The second-order valence-corrected chi connectivity index (χ2v) is 5.57. The number of amides is 2. The average Bonchev–Trinajstić information content (AvgIpc) is 3.21. The first kappa shape index (κ1) is 15.3. The first-order chi connectivity index (χ1) is 11.1. The molecule has 6 heteroatoms. The number of nitrogens with one attached hydrogen (secondary N) is 2. The Kier molecular flexibility index (Phi) is 4.43. The molecular weight excluding hydrogens is 296 g/mol. The summed E-state index contributed by atoms with van der Waals surface area (Å²) in [4.78, 5) is 23.9. The van der Waals surface area contributed by atoms with Gasteiger partial charge in [-0.15, -0.1) is 0 Å². The fraction of sp³-hybridized carbons (Fsp3) is 0.294. The molecular formula is C17H18N2O4. The molecule has 1 saturated carbocycles. The van der Waals surface area contributed by atoms with E-state index in [1.807, 2.05) is 0 Å². The van der Waals surface area contributed by atoms with Crippen molar-refractivity contribution in [3.8, 4) is 0 Å². The summed E-state index contributed by atoms with van der Waals surface area (Å²) in [5.41, 5.74) is 0.962. The monoisotopic (exact) mass is 314 g/mol. The molecule has 2 aromatic rings. The van der Waals surface area contributed by atoms with Gasteiger partial charge in [0.1, 0.15) is 11.9 Å². The van der Waals surface area contributed by atoms with Gasteiger partial charge in [0.2, 0.25) is 0 Å². The lowest BCUT2D eigenvalue weighted by molar-refractivity contribution is 0.0899. The van der Waals surface area contributed by atoms with E-state index < -0.39 is 6.10 Å². The maximum atomic E-state index is 12.0. The Bertz CT molecular complexity index is 675. The van der Waals surface area contributed by atoms with Gasteiger partial charge >= 0.3 is 0 Å². The zero-order valence-corrected chi connectivity index (χ0v) is 12.5. The van der Waals surface area contributed by atoms with E-state index in [1.54, 1.807) is 36.4 Å². The van der Waals surface area contributed by atoms with Crippen LogP contribution >= 0.6 is 0 Å². The minimum absolute atomic E-state index is 0.0518. The average molecular weight is 314 g/mol. The van der Waals surface area contributed by atoms with Crippen LogP contribution in [0.4, 0.5) is 0 Å². The summed E-state index contributed by atoms with van der Waals surface area (Å²) in [6, 6.07) is 10.0. The standard InChI is InChI=1S/C17H18N2O4/c20-14(15-2-1-9-23-15)10-18-16(21)11-3-5-12(6-4-11)17(22)19-13-7-8-13/h1-6,9,13-14,20H,7-8,10H2,(H,18,21)(H,19,22). The van der Waals surface area contributed by atoms with E-state index in [9.17, 15) is 14.7 Å². The second kappa shape index (κ2) is 6.66. The highest BCUT2D eigenvalue weighted by molar-refractivity contribution is 5.98. The van der Waals surface area contributed by atoms with Crippen LogP contribution in [0.25, 0.3) is 0 Å². The third-order valence-electron chi connectivity index (χ3n) is 3.65. The van der Waals surface area contributed by atoms with Crippen molar-refractivity contribution in [1.29, 1.82) is 0 Å². The van der Waals surface area contributed by atoms with E-state index in [2.05, 4.69) is 10.6 Å². The van der Waals surface area contributed by atoms with Gasteiger partial charge in [-0.05, 0) is 49.2 Å². The van der Waals surface area contributed by atoms with Gasteiger partial charge in [-0.1, -0.05) is 0 Å². The SMILES string of the molecule is O=C(NCC(O)c1ccco1)c1ccc(C(=O)NC2CC2)cc1. The van der Waals surface area contributed by atoms with Crippen LogP contribution in [0.1, 0.15) is 45.4 Å². The molecule has 23 heavy (non-hydrogen) atoms. The Morgan fingerprint density at radius 1 is 1.13 bits per heavy atom. The summed E-state index contributed by atoms with van der Waals surface area (Å²) in [7, 11) is 0. The van der Waals surface area contributed by atoms with Crippen LogP contribution < -0.4 is 10.6 Å². The Hall–Kier alpha value is -2.60. The Morgan fingerprint density at radius 3 is 2.35 bits per heavy atom. The summed E-state index contributed by atoms with van der Waals surface area (Å²) < 4.78 is 5.07. The predicted molar refractivity (Wildman–Crippen MR) is 82.9 cm³/mol. The molecule has 2 amide bonds. The summed E-state index contributed by atoms with van der Waals surface area (Å²) in [6.45, 7) is 0.0518. The number of rotatable bonds is 6. The Labute approximate surface area is 133 Å². The lowest BCUT2D eigenvalue weighted by Crippen LogP contribution is -2.28. The van der Waals surface area contributed by atoms with Gasteiger partial charge in [-0.3, -0.25) is 9.59 Å². The van der Waals surface area contributed by atoms with Crippen LogP contribution in [0, 0.1) is 0 Å². The van der Waals surface area contributed by atoms with Gasteiger partial charge in [-0.2, -0.15) is 0 Å². The number of carbonyl (C=O) groups excluding carboxylic acids is 2. The van der Waals surface area contributed by atoms with Crippen molar-refractivity contribution in [2.24, 2.45) is 0 Å². The van der Waals surface area contributed by atoms with E-state index >= 15 is 0 Å². The lowest BCUT2D eigenvalue weighted by atomic mass is 10.1. The Morgan fingerprint density at radius 2 is 1.78 bits per heavy atom. The molecule has 1 aliphatic rings. The molecule has 3 rings (SSSR count). The summed E-state index contributed by atoms with van der Waals surface area (Å²) in [6.07, 6.45) is 2.64. The smallest absolute Gasteiger partial charge is 0.251 e. The molecule has 1 unspecified atom stereocenters. The minimum Gasteiger partial charge on any atom is -0.467 e. The highest BCUT2D eigenvalue weighted by Crippen LogP contribution is 2.19. The van der Waals surface area contributed by atoms with Crippen LogP contribution in [0.5, 0.6) is 0 Å². The van der Waals surface area contributed by atoms with Crippen LogP contribution in [-0.2, 0) is 0 Å². The number of benzene rings is 1. The molecule has 0 aliphatic heterocycles. The van der Waals surface area contributed by atoms with Crippen molar-refractivity contribution < 1.29 is 19.1 Å². The van der Waals surface area contributed by atoms with E-state index in [-0.39, 0.29) is 18.4 Å². The summed E-state index contributed by atoms with van der Waals surface area (Å²) >= 11 is 0. The molecule has 0 bridgehead atoms. The molecule has 0 saturated heterocycles. The quantitative estimate of drug-likeness (QED) is 0.756. The number of hydrogen-bond donors (Lipinski definition) is 3. The maximum Gasteiger partial charge on any atom is 0.251 e. The molecule has 0 spiro atoms. The van der Waals surface area contributed by atoms with E-state index in [0.29, 0.717) is 22.9 Å². The molecule has 120 valence electrons. The molecule has 1 aromatic heterocycles. The first-order valence-electron chi connectivity index (χ1n) is 7.54. The number of furan rings is 1. The fourth-order valence-electron chi connectivity index (χ4n) is 2.14. The van der Waals surface area contributed by atoms with Crippen LogP contribution in [-0.4, -0.2) is 29.5 Å². The first-order valence-corrected chi connectivity index (χ1v) is 7.54. The second-order valence-electron chi connectivity index (χ2n) is 5.57. The largest absolute Gasteiger partial charge is 0.467 e. The van der Waals surface area contributed by atoms with E-state index in [1.165, 1.54) is 6.26 Å². The van der Waals surface area contributed by atoms with E-state index in [0.717, 1.165) is 12.8 Å². The fourth-order valence-corrected chi connectivity index (χ4v) is 2.14. The molecule has 1 aliphatic carbocycles. The van der Waals surface area contributed by atoms with Crippen LogP contribution in [0.15, 0.2) is 47.1 Å². The molecule has 1 fully saturated rings. The number of carbonyl (C=O) groups is 2. The van der Waals surface area contributed by atoms with Gasteiger partial charge in [0.05, 0.1) is 12.8 Å². The molecule has 1 heterocycles. The number of aliphatic hydroxyl groups excluding tert-OH is 1. The summed E-state index contributed by atoms with van der Waals surface area (Å²) in [5, 5.41) is 15.4. The van der Waals surface area contributed by atoms with Crippen molar-refractivity contribution in [2.45, 2.75) is 25.0 Å². The predicted octanol–water partition coefficient (Wildman–Crippen LogP) is 1.64. The van der Waals surface area contributed by atoms with Gasteiger partial charge in [0, 0.05) is 17.2 Å². The van der Waals surface area contributed by atoms with Gasteiger partial charge < -0.3 is 20.2 Å². The summed E-state index contributed by atoms with van der Waals surface area (Å²) in [5.74, 6) is -0.0325. The van der Waals surface area contributed by atoms with Gasteiger partial charge in [0.25, 0.3) is 11.8 Å². The highest BCUT2D eigenvalue weighted by atomic mass is 16.4. The zero-order chi connectivity index (χ0) is 16.2. The molecule has 0 radical (unpaired) electrons. The topological polar surface area (TPSA) is 91.6 Å². The normalized spacial score (nSPS) is 15.0. The van der Waals surface area contributed by atoms with Crippen molar-refractivity contribution >= 4 is 11.8 Å². The molecule has 3 N–H and O–H groups in total. The third-order valence-corrected chi connectivity index (χ3v) is 3.65. The third kappa shape index (κ3) is 3.98. The van der Waals surface area contributed by atoms with Crippen molar-refractivity contribution in [1.82, 2.24) is 10.6 Å². The Balaban J connectivity index is 1.53. The van der Waals surface area contributed by atoms with Crippen molar-refractivity contribution in [3.63, 3.8) is 0 Å². The van der Waals surface area contributed by atoms with Gasteiger partial charge in [-0.25, -0.2) is 0 Å². The van der Waals surface area contributed by atoms with Crippen molar-refractivity contribution in [2.75, 3.05) is 6.54 Å². The molecule has 1 aromatic carbocycles. The zero-order valence-electron chi connectivity index (χ0n) is 12.5. The van der Waals surface area contributed by atoms with E-state index in [4.69, 9.17) is 4.42 Å². The lowest BCUT2D eigenvalue weighted by Gasteiger charge is -2.10. The molecule has 6 nitrogen and oxygen atoms in total. The van der Waals surface area contributed by atoms with Crippen LogP contribution in [0.2, 0.25) is 0 Å². The number of aliphatic hydroxyl groups is 1.